The van der Waals surface area contributed by atoms with Crippen LogP contribution in [-0.2, 0) is 11.5 Å². The highest BCUT2D eigenvalue weighted by atomic mass is 16.3. The zero-order valence-corrected chi connectivity index (χ0v) is 8.29. The summed E-state index contributed by atoms with van der Waals surface area (Å²) in [5.74, 6) is 0.172. The third kappa shape index (κ3) is 1.46. The highest BCUT2D eigenvalue weighted by Crippen LogP contribution is 2.28. The quantitative estimate of drug-likeness (QED) is 0.675. The third-order valence-corrected chi connectivity index (χ3v) is 2.50. The lowest BCUT2D eigenvalue weighted by Gasteiger charge is -2.05. The summed E-state index contributed by atoms with van der Waals surface area (Å²) >= 11 is 0. The normalized spacial score (nSPS) is 10.6. The van der Waals surface area contributed by atoms with E-state index in [-0.39, 0.29) is 5.75 Å². The molecule has 0 saturated heterocycles. The van der Waals surface area contributed by atoms with E-state index in [1.165, 1.54) is 0 Å². The van der Waals surface area contributed by atoms with Gasteiger partial charge in [-0.15, -0.1) is 0 Å². The van der Waals surface area contributed by atoms with Crippen LogP contribution < -0.4 is 0 Å². The van der Waals surface area contributed by atoms with E-state index in [0.717, 1.165) is 29.2 Å². The van der Waals surface area contributed by atoms with Crippen molar-refractivity contribution in [3.63, 3.8) is 0 Å². The monoisotopic (exact) mass is 185 g/mol. The Morgan fingerprint density at radius 2 is 1.86 bits per heavy atom. The van der Waals surface area contributed by atoms with Crippen LogP contribution in [0.1, 0.15) is 18.9 Å². The highest BCUT2D eigenvalue weighted by molar-refractivity contribution is 5.87. The van der Waals surface area contributed by atoms with Gasteiger partial charge in [-0.05, 0) is 23.3 Å². The molecule has 0 unspecified atom stereocenters. The lowest BCUT2D eigenvalue weighted by molar-refractivity contribution is 0.350. The Morgan fingerprint density at radius 1 is 1.07 bits per heavy atom. The molecule has 2 rings (SSSR count). The molecular formula is C13H13O. The second kappa shape index (κ2) is 3.70. The van der Waals surface area contributed by atoms with Gasteiger partial charge in [0.05, 0.1) is 0 Å². The summed E-state index contributed by atoms with van der Waals surface area (Å²) < 4.78 is 0. The van der Waals surface area contributed by atoms with Crippen molar-refractivity contribution in [1.82, 2.24) is 0 Å². The molecule has 0 atom stereocenters. The van der Waals surface area contributed by atoms with Gasteiger partial charge in [-0.25, -0.2) is 0 Å². The van der Waals surface area contributed by atoms with Crippen molar-refractivity contribution >= 4 is 10.8 Å². The molecule has 14 heavy (non-hydrogen) atoms. The first kappa shape index (κ1) is 9.07. The molecule has 0 heterocycles. The average Bonchev–Trinajstić information content (AvgIpc) is 2.23. The summed E-state index contributed by atoms with van der Waals surface area (Å²) in [5.41, 5.74) is 0.964. The lowest BCUT2D eigenvalue weighted by Crippen LogP contribution is -1.86. The molecule has 2 aromatic rings. The first-order chi connectivity index (χ1) is 6.83. The van der Waals surface area contributed by atoms with Crippen LogP contribution in [0.15, 0.2) is 36.4 Å². The molecule has 0 aliphatic rings. The van der Waals surface area contributed by atoms with Crippen molar-refractivity contribution in [2.24, 2.45) is 0 Å². The van der Waals surface area contributed by atoms with E-state index >= 15 is 0 Å². The molecule has 0 aliphatic carbocycles. The van der Waals surface area contributed by atoms with Gasteiger partial charge in [0.15, 0.2) is 5.75 Å². The SMILES string of the molecule is CCCc1c([O])ccc2ccccc12. The number of rotatable bonds is 2. The molecule has 0 aliphatic heterocycles. The van der Waals surface area contributed by atoms with Crippen molar-refractivity contribution in [1.29, 1.82) is 0 Å². The number of fused-ring (bicyclic) bond motifs is 1. The summed E-state index contributed by atoms with van der Waals surface area (Å²) in [7, 11) is 0. The van der Waals surface area contributed by atoms with Crippen LogP contribution in [-0.4, -0.2) is 0 Å². The summed E-state index contributed by atoms with van der Waals surface area (Å²) in [4.78, 5) is 0. The van der Waals surface area contributed by atoms with Crippen LogP contribution in [0.2, 0.25) is 0 Å². The fraction of sp³-hybridized carbons (Fsp3) is 0.231. The van der Waals surface area contributed by atoms with Gasteiger partial charge in [0.2, 0.25) is 0 Å². The van der Waals surface area contributed by atoms with Gasteiger partial charge < -0.3 is 0 Å². The molecule has 0 amide bonds. The molecule has 0 spiro atoms. The molecular weight excluding hydrogens is 172 g/mol. The third-order valence-electron chi connectivity index (χ3n) is 2.50. The molecule has 1 heteroatoms. The molecule has 1 radical (unpaired) electrons. The Hall–Kier alpha value is -1.50. The average molecular weight is 185 g/mol. The minimum Gasteiger partial charge on any atom is -0.290 e. The maximum atomic E-state index is 11.6. The van der Waals surface area contributed by atoms with Crippen molar-refractivity contribution in [2.45, 2.75) is 19.8 Å². The predicted octanol–water partition coefficient (Wildman–Crippen LogP) is 3.94. The molecule has 0 N–H and O–H groups in total. The number of benzene rings is 2. The fourth-order valence-corrected chi connectivity index (χ4v) is 1.82. The van der Waals surface area contributed by atoms with E-state index in [9.17, 15) is 5.11 Å². The predicted molar refractivity (Wildman–Crippen MR) is 58.1 cm³/mol. The van der Waals surface area contributed by atoms with Crippen LogP contribution in [0, 0.1) is 0 Å². The number of hydrogen-bond acceptors (Lipinski definition) is 0. The van der Waals surface area contributed by atoms with E-state index < -0.39 is 0 Å². The van der Waals surface area contributed by atoms with Crippen molar-refractivity contribution in [2.75, 3.05) is 0 Å². The Kier molecular flexibility index (Phi) is 2.40. The zero-order valence-electron chi connectivity index (χ0n) is 8.29. The standard InChI is InChI=1S/C13H13O/c1-2-5-12-11-7-4-3-6-10(11)8-9-13(12)14/h3-4,6-9H,2,5H2,1H3. The van der Waals surface area contributed by atoms with Gasteiger partial charge in [-0.3, -0.25) is 5.11 Å². The molecule has 1 nitrogen and oxygen atoms in total. The Balaban J connectivity index is 2.69. The minimum absolute atomic E-state index is 0.172. The fourth-order valence-electron chi connectivity index (χ4n) is 1.82. The Morgan fingerprint density at radius 3 is 2.64 bits per heavy atom. The highest BCUT2D eigenvalue weighted by Gasteiger charge is 2.06. The Labute approximate surface area is 84.0 Å². The molecule has 2 aromatic carbocycles. The van der Waals surface area contributed by atoms with Crippen LogP contribution in [0.25, 0.3) is 10.8 Å². The summed E-state index contributed by atoms with van der Waals surface area (Å²) in [5, 5.41) is 13.9. The van der Waals surface area contributed by atoms with E-state index in [2.05, 4.69) is 6.92 Å². The topological polar surface area (TPSA) is 19.9 Å². The maximum absolute atomic E-state index is 11.6. The van der Waals surface area contributed by atoms with E-state index in [4.69, 9.17) is 0 Å². The van der Waals surface area contributed by atoms with Crippen LogP contribution in [0.5, 0.6) is 5.75 Å². The van der Waals surface area contributed by atoms with E-state index in [1.807, 2.05) is 30.3 Å². The van der Waals surface area contributed by atoms with Gasteiger partial charge >= 0.3 is 0 Å². The molecule has 0 saturated carbocycles. The Bertz CT molecular complexity index is 446. The number of hydrogen-bond donors (Lipinski definition) is 0. The van der Waals surface area contributed by atoms with Crippen LogP contribution in [0.4, 0.5) is 0 Å². The van der Waals surface area contributed by atoms with Crippen LogP contribution >= 0.6 is 0 Å². The largest absolute Gasteiger partial charge is 0.290 e. The van der Waals surface area contributed by atoms with E-state index in [0.29, 0.717) is 0 Å². The van der Waals surface area contributed by atoms with Gasteiger partial charge in [-0.2, -0.15) is 0 Å². The number of aryl methyl sites for hydroxylation is 1. The van der Waals surface area contributed by atoms with Crippen molar-refractivity contribution in [3.8, 4) is 5.75 Å². The molecule has 0 bridgehead atoms. The molecule has 71 valence electrons. The summed E-state index contributed by atoms with van der Waals surface area (Å²) in [6.07, 6.45) is 1.89. The lowest BCUT2D eigenvalue weighted by atomic mass is 10.0. The van der Waals surface area contributed by atoms with Crippen molar-refractivity contribution < 1.29 is 5.11 Å². The van der Waals surface area contributed by atoms with Gasteiger partial charge in [0.1, 0.15) is 0 Å². The summed E-state index contributed by atoms with van der Waals surface area (Å²) in [6, 6.07) is 11.6. The van der Waals surface area contributed by atoms with Gasteiger partial charge in [0.25, 0.3) is 0 Å². The van der Waals surface area contributed by atoms with Crippen LogP contribution in [0.3, 0.4) is 0 Å². The zero-order chi connectivity index (χ0) is 9.97. The molecule has 0 fully saturated rings. The van der Waals surface area contributed by atoms with E-state index in [1.54, 1.807) is 6.07 Å². The second-order valence-corrected chi connectivity index (χ2v) is 3.51. The van der Waals surface area contributed by atoms with Gasteiger partial charge in [-0.1, -0.05) is 43.7 Å². The minimum atomic E-state index is 0.172. The first-order valence-electron chi connectivity index (χ1n) is 5.00. The maximum Gasteiger partial charge on any atom is 0.182 e. The second-order valence-electron chi connectivity index (χ2n) is 3.51. The first-order valence-corrected chi connectivity index (χ1v) is 5.00. The van der Waals surface area contributed by atoms with Crippen molar-refractivity contribution in [3.05, 3.63) is 42.0 Å². The summed E-state index contributed by atoms with van der Waals surface area (Å²) in [6.45, 7) is 2.10. The smallest absolute Gasteiger partial charge is 0.182 e. The van der Waals surface area contributed by atoms with Gasteiger partial charge in [0, 0.05) is 5.56 Å². The molecule has 0 aromatic heterocycles.